The quantitative estimate of drug-likeness (QED) is 0.147. The lowest BCUT2D eigenvalue weighted by atomic mass is 10.3. The summed E-state index contributed by atoms with van der Waals surface area (Å²) in [6.07, 6.45) is -4.67. The molecule has 1 aromatic carbocycles. The standard InChI is InChI=1S/C22H16ClF5IN5O4/c1-32-17-16(18(35)33(20(32)36)8-7-21(24,25)26)34(11-13-6-5-12(23)10-30-13)19(31-17)37-14-3-2-4-15(9-14)38-22(27,28)29/h2-6,9-10H,7-8,11H2,1H3. The van der Waals surface area contributed by atoms with Gasteiger partial charge in [-0.15, -0.1) is 0 Å². The number of fused-ring (bicyclic) bond motifs is 1. The third-order valence-electron chi connectivity index (χ3n) is 5.17. The van der Waals surface area contributed by atoms with E-state index in [1.54, 1.807) is 6.07 Å². The maximum atomic E-state index is 13.3. The van der Waals surface area contributed by atoms with E-state index in [1.165, 1.54) is 42.1 Å². The van der Waals surface area contributed by atoms with Crippen LogP contribution in [0.25, 0.3) is 11.2 Å². The fourth-order valence-corrected chi connectivity index (χ4v) is 3.88. The van der Waals surface area contributed by atoms with Crippen molar-refractivity contribution >= 4 is 45.4 Å². The largest absolute Gasteiger partial charge is 0.451 e. The van der Waals surface area contributed by atoms with Crippen molar-refractivity contribution in [3.63, 3.8) is 0 Å². The lowest BCUT2D eigenvalue weighted by molar-refractivity contribution is -0.137. The number of hydrogen-bond acceptors (Lipinski definition) is 6. The van der Waals surface area contributed by atoms with Crippen LogP contribution in [0.4, 0.5) is 22.0 Å². The molecule has 9 nitrogen and oxygen atoms in total. The first-order valence-corrected chi connectivity index (χ1v) is 12.1. The Hall–Kier alpha value is -3.21. The number of alkyl halides is 6. The highest BCUT2D eigenvalue weighted by molar-refractivity contribution is 14.1. The minimum Gasteiger partial charge on any atom is -0.425 e. The van der Waals surface area contributed by atoms with E-state index in [4.69, 9.17) is 16.3 Å². The molecule has 38 heavy (non-hydrogen) atoms. The van der Waals surface area contributed by atoms with Crippen molar-refractivity contribution < 1.29 is 31.4 Å². The molecule has 16 heteroatoms. The molecular weight excluding hydrogens is 656 g/mol. The van der Waals surface area contributed by atoms with Crippen LogP contribution in [0.1, 0.15) is 12.1 Å². The number of aryl methyl sites for hydroxylation is 1. The summed E-state index contributed by atoms with van der Waals surface area (Å²) in [6, 6.07) is 8.02. The van der Waals surface area contributed by atoms with Crippen LogP contribution in [0.3, 0.4) is 0 Å². The molecule has 202 valence electrons. The number of pyridine rings is 1. The van der Waals surface area contributed by atoms with E-state index in [1.807, 2.05) is 0 Å². The van der Waals surface area contributed by atoms with Crippen LogP contribution >= 0.6 is 34.2 Å². The molecule has 0 unspecified atom stereocenters. The van der Waals surface area contributed by atoms with Crippen LogP contribution in [-0.2, 0) is 20.1 Å². The van der Waals surface area contributed by atoms with Crippen molar-refractivity contribution in [3.05, 3.63) is 74.1 Å². The van der Waals surface area contributed by atoms with E-state index in [0.29, 0.717) is 15.3 Å². The first-order valence-electron chi connectivity index (χ1n) is 10.6. The SMILES string of the molecule is Cn1c(=O)n(CCC(F)(F)F)c(=O)c2c1nc(Oc1cccc(OC(F)(F)I)c1)n2Cc1ccc(Cl)cn1. The minimum atomic E-state index is -4.61. The molecule has 0 aliphatic rings. The minimum absolute atomic E-state index is 0.00818. The summed E-state index contributed by atoms with van der Waals surface area (Å²) in [6.45, 7) is -1.06. The van der Waals surface area contributed by atoms with Gasteiger partial charge in [0.05, 0.1) is 46.3 Å². The lowest BCUT2D eigenvalue weighted by Gasteiger charge is -2.13. The normalized spacial score (nSPS) is 12.2. The van der Waals surface area contributed by atoms with Crippen LogP contribution in [0.15, 0.2) is 52.2 Å². The molecule has 0 spiro atoms. The molecule has 0 atom stereocenters. The average Bonchev–Trinajstić information content (AvgIpc) is 3.15. The molecule has 0 radical (unpaired) electrons. The average molecular weight is 672 g/mol. The predicted molar refractivity (Wildman–Crippen MR) is 134 cm³/mol. The second kappa shape index (κ2) is 10.5. The zero-order valence-electron chi connectivity index (χ0n) is 19.2. The van der Waals surface area contributed by atoms with Gasteiger partial charge in [-0.25, -0.2) is 4.79 Å². The third-order valence-corrected chi connectivity index (χ3v) is 5.62. The Morgan fingerprint density at radius 3 is 2.39 bits per heavy atom. The summed E-state index contributed by atoms with van der Waals surface area (Å²) in [5.74, 6) is -0.239. The molecule has 3 heterocycles. The van der Waals surface area contributed by atoms with Crippen molar-refractivity contribution in [2.24, 2.45) is 7.05 Å². The number of imidazole rings is 1. The lowest BCUT2D eigenvalue weighted by Crippen LogP contribution is -2.40. The van der Waals surface area contributed by atoms with E-state index in [0.717, 1.165) is 33.2 Å². The molecule has 0 saturated carbocycles. The summed E-state index contributed by atoms with van der Waals surface area (Å²) >= 11 is 6.69. The Bertz CT molecular complexity index is 1600. The summed E-state index contributed by atoms with van der Waals surface area (Å²) in [7, 11) is 1.24. The predicted octanol–water partition coefficient (Wildman–Crippen LogP) is 5.10. The molecule has 0 aliphatic carbocycles. The van der Waals surface area contributed by atoms with Gasteiger partial charge in [0.1, 0.15) is 11.5 Å². The first kappa shape index (κ1) is 27.8. The molecule has 4 aromatic rings. The van der Waals surface area contributed by atoms with Gasteiger partial charge in [0, 0.05) is 25.9 Å². The number of benzene rings is 1. The van der Waals surface area contributed by atoms with E-state index in [-0.39, 0.29) is 35.2 Å². The van der Waals surface area contributed by atoms with E-state index in [2.05, 4.69) is 14.7 Å². The van der Waals surface area contributed by atoms with Crippen LogP contribution in [0.2, 0.25) is 5.02 Å². The van der Waals surface area contributed by atoms with Crippen molar-refractivity contribution in [3.8, 4) is 17.5 Å². The number of nitrogens with zero attached hydrogens (tertiary/aromatic N) is 5. The van der Waals surface area contributed by atoms with Gasteiger partial charge >= 0.3 is 22.0 Å². The number of halogens is 7. The monoisotopic (exact) mass is 671 g/mol. The van der Waals surface area contributed by atoms with Crippen molar-refractivity contribution in [2.75, 3.05) is 0 Å². The van der Waals surface area contributed by atoms with E-state index in [9.17, 15) is 31.5 Å². The highest BCUT2D eigenvalue weighted by atomic mass is 127. The van der Waals surface area contributed by atoms with Crippen molar-refractivity contribution in [2.45, 2.75) is 29.8 Å². The highest BCUT2D eigenvalue weighted by Crippen LogP contribution is 2.32. The first-order chi connectivity index (χ1) is 17.7. The van der Waals surface area contributed by atoms with Gasteiger partial charge in [0.25, 0.3) is 5.56 Å². The topological polar surface area (TPSA) is 93.2 Å². The van der Waals surface area contributed by atoms with Crippen LogP contribution in [0.5, 0.6) is 17.5 Å². The summed E-state index contributed by atoms with van der Waals surface area (Å²) in [5.41, 5.74) is -2.06. The number of ether oxygens (including phenoxy) is 2. The zero-order chi connectivity index (χ0) is 27.8. The molecule has 3 aromatic heterocycles. The van der Waals surface area contributed by atoms with Crippen LogP contribution in [-0.4, -0.2) is 34.0 Å². The Balaban J connectivity index is 1.87. The Morgan fingerprint density at radius 1 is 1.05 bits per heavy atom. The van der Waals surface area contributed by atoms with E-state index < -0.39 is 34.5 Å². The van der Waals surface area contributed by atoms with Gasteiger partial charge in [0.15, 0.2) is 11.2 Å². The Labute approximate surface area is 228 Å². The smallest absolute Gasteiger partial charge is 0.425 e. The molecule has 0 saturated heterocycles. The molecule has 0 amide bonds. The summed E-state index contributed by atoms with van der Waals surface area (Å²) in [5, 5.41) is 0.335. The van der Waals surface area contributed by atoms with Gasteiger partial charge in [-0.05, 0) is 24.3 Å². The van der Waals surface area contributed by atoms with Crippen LogP contribution < -0.4 is 20.7 Å². The number of aromatic nitrogens is 5. The highest BCUT2D eigenvalue weighted by Gasteiger charge is 2.29. The number of hydrogen-bond donors (Lipinski definition) is 0. The molecular formula is C22H16ClF5IN5O4. The van der Waals surface area contributed by atoms with Crippen LogP contribution in [0, 0.1) is 0 Å². The van der Waals surface area contributed by atoms with Gasteiger partial charge in [-0.3, -0.25) is 23.5 Å². The molecule has 0 fully saturated rings. The fourth-order valence-electron chi connectivity index (χ4n) is 3.51. The molecule has 0 N–H and O–H groups in total. The molecule has 0 aliphatic heterocycles. The maximum Gasteiger partial charge on any atom is 0.451 e. The van der Waals surface area contributed by atoms with Gasteiger partial charge in [-0.1, -0.05) is 17.7 Å². The Kier molecular flexibility index (Phi) is 7.69. The third kappa shape index (κ3) is 6.43. The second-order valence-corrected chi connectivity index (χ2v) is 9.60. The van der Waals surface area contributed by atoms with Crippen molar-refractivity contribution in [1.29, 1.82) is 0 Å². The zero-order valence-corrected chi connectivity index (χ0v) is 22.1. The molecule has 4 rings (SSSR count). The van der Waals surface area contributed by atoms with E-state index >= 15 is 0 Å². The fraction of sp³-hybridized carbons (Fsp3) is 0.273. The maximum absolute atomic E-state index is 13.3. The van der Waals surface area contributed by atoms with Gasteiger partial charge in [0.2, 0.25) is 0 Å². The Morgan fingerprint density at radius 2 is 1.76 bits per heavy atom. The summed E-state index contributed by atoms with van der Waals surface area (Å²) in [4.78, 5) is 34.4. The van der Waals surface area contributed by atoms with Gasteiger partial charge < -0.3 is 9.47 Å². The molecule has 0 bridgehead atoms. The summed E-state index contributed by atoms with van der Waals surface area (Å²) < 4.78 is 74.6. The number of rotatable bonds is 8. The van der Waals surface area contributed by atoms with Crippen molar-refractivity contribution in [1.82, 2.24) is 23.7 Å². The van der Waals surface area contributed by atoms with Gasteiger partial charge in [-0.2, -0.15) is 26.9 Å². The second-order valence-electron chi connectivity index (χ2n) is 7.91.